The topological polar surface area (TPSA) is 94.3 Å². The minimum atomic E-state index is -3.57. The molecule has 0 spiro atoms. The molecule has 0 atom stereocenters. The number of ether oxygens (including phenoxy) is 1. The van der Waals surface area contributed by atoms with Gasteiger partial charge in [0.2, 0.25) is 10.0 Å². The summed E-state index contributed by atoms with van der Waals surface area (Å²) in [4.78, 5) is 4.13. The molecule has 1 aromatic heterocycles. The second-order valence-electron chi connectivity index (χ2n) is 4.10. The molecule has 2 aromatic rings. The SMILES string of the molecule is CNS(=O)(=O)c1ccc(Oc2cccnc2C)cc1N. The molecule has 3 N–H and O–H groups in total. The van der Waals surface area contributed by atoms with E-state index in [9.17, 15) is 8.42 Å². The Morgan fingerprint density at radius 3 is 2.65 bits per heavy atom. The van der Waals surface area contributed by atoms with E-state index in [-0.39, 0.29) is 10.6 Å². The Balaban J connectivity index is 2.33. The highest BCUT2D eigenvalue weighted by Gasteiger charge is 2.15. The predicted molar refractivity (Wildman–Crippen MR) is 76.1 cm³/mol. The number of aromatic nitrogens is 1. The molecular weight excluding hydrogens is 278 g/mol. The molecule has 1 heterocycles. The van der Waals surface area contributed by atoms with Gasteiger partial charge in [-0.25, -0.2) is 13.1 Å². The largest absolute Gasteiger partial charge is 0.455 e. The molecule has 106 valence electrons. The number of anilines is 1. The van der Waals surface area contributed by atoms with Crippen LogP contribution in [0.4, 0.5) is 5.69 Å². The van der Waals surface area contributed by atoms with Crippen LogP contribution in [0.5, 0.6) is 11.5 Å². The van der Waals surface area contributed by atoms with Crippen LogP contribution in [0.1, 0.15) is 5.69 Å². The third-order valence-electron chi connectivity index (χ3n) is 2.73. The first-order valence-electron chi connectivity index (χ1n) is 5.86. The summed E-state index contributed by atoms with van der Waals surface area (Å²) in [5.74, 6) is 1.05. The Kier molecular flexibility index (Phi) is 3.91. The van der Waals surface area contributed by atoms with Crippen molar-refractivity contribution < 1.29 is 13.2 Å². The van der Waals surface area contributed by atoms with E-state index < -0.39 is 10.0 Å². The number of nitrogens with one attached hydrogen (secondary N) is 1. The summed E-state index contributed by atoms with van der Waals surface area (Å²) in [6, 6.07) is 7.95. The van der Waals surface area contributed by atoms with Crippen LogP contribution in [0.3, 0.4) is 0 Å². The smallest absolute Gasteiger partial charge is 0.242 e. The number of nitrogens with two attached hydrogens (primary N) is 1. The zero-order valence-corrected chi connectivity index (χ0v) is 11.9. The summed E-state index contributed by atoms with van der Waals surface area (Å²) in [6.07, 6.45) is 1.67. The Hall–Kier alpha value is -2.12. The van der Waals surface area contributed by atoms with Crippen LogP contribution in [0.2, 0.25) is 0 Å². The molecule has 7 heteroatoms. The van der Waals surface area contributed by atoms with E-state index in [0.717, 1.165) is 5.69 Å². The molecule has 0 aliphatic rings. The van der Waals surface area contributed by atoms with Crippen LogP contribution >= 0.6 is 0 Å². The predicted octanol–water partition coefficient (Wildman–Crippen LogP) is 1.67. The van der Waals surface area contributed by atoms with Crippen molar-refractivity contribution in [3.8, 4) is 11.5 Å². The van der Waals surface area contributed by atoms with Crippen molar-refractivity contribution in [2.75, 3.05) is 12.8 Å². The van der Waals surface area contributed by atoms with Gasteiger partial charge in [0.05, 0.1) is 11.4 Å². The third-order valence-corrected chi connectivity index (χ3v) is 4.21. The van der Waals surface area contributed by atoms with Crippen LogP contribution < -0.4 is 15.2 Å². The average Bonchev–Trinajstić information content (AvgIpc) is 2.41. The molecule has 0 saturated carbocycles. The van der Waals surface area contributed by atoms with Gasteiger partial charge in [-0.1, -0.05) is 0 Å². The second kappa shape index (κ2) is 5.48. The summed E-state index contributed by atoms with van der Waals surface area (Å²) in [7, 11) is -2.24. The van der Waals surface area contributed by atoms with Gasteiger partial charge in [0, 0.05) is 12.3 Å². The quantitative estimate of drug-likeness (QED) is 0.836. The van der Waals surface area contributed by atoms with E-state index in [0.29, 0.717) is 11.5 Å². The van der Waals surface area contributed by atoms with Crippen molar-refractivity contribution in [3.63, 3.8) is 0 Å². The first-order chi connectivity index (χ1) is 9.44. The monoisotopic (exact) mass is 293 g/mol. The molecule has 0 saturated heterocycles. The van der Waals surface area contributed by atoms with E-state index in [4.69, 9.17) is 10.5 Å². The molecule has 0 bridgehead atoms. The molecule has 6 nitrogen and oxygen atoms in total. The molecule has 1 aromatic carbocycles. The molecule has 0 aliphatic carbocycles. The maximum Gasteiger partial charge on any atom is 0.242 e. The van der Waals surface area contributed by atoms with Crippen molar-refractivity contribution in [2.45, 2.75) is 11.8 Å². The Morgan fingerprint density at radius 1 is 1.30 bits per heavy atom. The molecule has 0 fully saturated rings. The molecule has 2 rings (SSSR count). The van der Waals surface area contributed by atoms with E-state index >= 15 is 0 Å². The van der Waals surface area contributed by atoms with E-state index in [1.807, 2.05) is 6.92 Å². The molecule has 0 radical (unpaired) electrons. The number of benzene rings is 1. The van der Waals surface area contributed by atoms with Gasteiger partial charge in [-0.05, 0) is 38.2 Å². The Bertz CT molecular complexity index is 729. The van der Waals surface area contributed by atoms with E-state index in [1.54, 1.807) is 24.4 Å². The van der Waals surface area contributed by atoms with Crippen LogP contribution in [0, 0.1) is 6.92 Å². The minimum Gasteiger partial charge on any atom is -0.455 e. The van der Waals surface area contributed by atoms with Gasteiger partial charge in [0.25, 0.3) is 0 Å². The highest BCUT2D eigenvalue weighted by Crippen LogP contribution is 2.28. The fourth-order valence-electron chi connectivity index (χ4n) is 1.65. The maximum atomic E-state index is 11.7. The lowest BCUT2D eigenvalue weighted by Gasteiger charge is -2.10. The van der Waals surface area contributed by atoms with Crippen LogP contribution in [-0.2, 0) is 10.0 Å². The first kappa shape index (κ1) is 14.3. The lowest BCUT2D eigenvalue weighted by Crippen LogP contribution is -2.19. The van der Waals surface area contributed by atoms with Crippen molar-refractivity contribution in [2.24, 2.45) is 0 Å². The zero-order valence-electron chi connectivity index (χ0n) is 11.1. The maximum absolute atomic E-state index is 11.7. The Morgan fingerprint density at radius 2 is 2.05 bits per heavy atom. The Labute approximate surface area is 117 Å². The summed E-state index contributed by atoms with van der Waals surface area (Å²) < 4.78 is 31.3. The molecule has 0 aliphatic heterocycles. The number of hydrogen-bond acceptors (Lipinski definition) is 5. The standard InChI is InChI=1S/C13H15N3O3S/c1-9-12(4-3-7-16-9)19-10-5-6-13(11(14)8-10)20(17,18)15-2/h3-8,15H,14H2,1-2H3. The highest BCUT2D eigenvalue weighted by molar-refractivity contribution is 7.89. The van der Waals surface area contributed by atoms with Crippen molar-refractivity contribution >= 4 is 15.7 Å². The van der Waals surface area contributed by atoms with Gasteiger partial charge in [-0.2, -0.15) is 0 Å². The summed E-state index contributed by atoms with van der Waals surface area (Å²) in [5, 5.41) is 0. The van der Waals surface area contributed by atoms with Crippen molar-refractivity contribution in [1.29, 1.82) is 0 Å². The fraction of sp³-hybridized carbons (Fsp3) is 0.154. The van der Waals surface area contributed by atoms with Crippen molar-refractivity contribution in [1.82, 2.24) is 9.71 Å². The highest BCUT2D eigenvalue weighted by atomic mass is 32.2. The lowest BCUT2D eigenvalue weighted by atomic mass is 10.3. The zero-order chi connectivity index (χ0) is 14.8. The average molecular weight is 293 g/mol. The fourth-order valence-corrected chi connectivity index (χ4v) is 2.49. The van der Waals surface area contributed by atoms with Gasteiger partial charge in [-0.15, -0.1) is 0 Å². The van der Waals surface area contributed by atoms with Crippen LogP contribution in [0.15, 0.2) is 41.4 Å². The summed E-state index contributed by atoms with van der Waals surface area (Å²) >= 11 is 0. The number of nitrogen functional groups attached to an aromatic ring is 1. The van der Waals surface area contributed by atoms with Crippen LogP contribution in [-0.4, -0.2) is 20.4 Å². The van der Waals surface area contributed by atoms with Gasteiger partial charge in [0.15, 0.2) is 0 Å². The van der Waals surface area contributed by atoms with Gasteiger partial charge in [0.1, 0.15) is 16.4 Å². The van der Waals surface area contributed by atoms with Crippen molar-refractivity contribution in [3.05, 3.63) is 42.2 Å². The lowest BCUT2D eigenvalue weighted by molar-refractivity contribution is 0.475. The first-order valence-corrected chi connectivity index (χ1v) is 7.35. The number of nitrogens with zero attached hydrogens (tertiary/aromatic N) is 1. The molecule has 20 heavy (non-hydrogen) atoms. The second-order valence-corrected chi connectivity index (χ2v) is 5.95. The molecule has 0 unspecified atom stereocenters. The summed E-state index contributed by atoms with van der Waals surface area (Å²) in [6.45, 7) is 1.82. The third kappa shape index (κ3) is 2.89. The minimum absolute atomic E-state index is 0.0234. The normalized spacial score (nSPS) is 11.3. The number of pyridine rings is 1. The summed E-state index contributed by atoms with van der Waals surface area (Å²) in [5.41, 5.74) is 6.62. The van der Waals surface area contributed by atoms with E-state index in [2.05, 4.69) is 9.71 Å². The number of hydrogen-bond donors (Lipinski definition) is 2. The van der Waals surface area contributed by atoms with E-state index in [1.165, 1.54) is 19.2 Å². The number of aryl methyl sites for hydroxylation is 1. The van der Waals surface area contributed by atoms with Gasteiger partial charge in [-0.3, -0.25) is 4.98 Å². The number of rotatable bonds is 4. The number of sulfonamides is 1. The van der Waals surface area contributed by atoms with Crippen LogP contribution in [0.25, 0.3) is 0 Å². The van der Waals surface area contributed by atoms with Gasteiger partial charge >= 0.3 is 0 Å². The molecular formula is C13H15N3O3S. The molecule has 0 amide bonds. The van der Waals surface area contributed by atoms with Gasteiger partial charge < -0.3 is 10.5 Å².